The molecule has 2 aromatic carbocycles. The number of hydrogen-bond donors (Lipinski definition) is 1. The molecule has 0 radical (unpaired) electrons. The predicted octanol–water partition coefficient (Wildman–Crippen LogP) is 6.34. The number of benzene rings is 2. The lowest BCUT2D eigenvalue weighted by Crippen LogP contribution is -2.35. The van der Waals surface area contributed by atoms with Crippen molar-refractivity contribution in [2.75, 3.05) is 0 Å². The Balaban J connectivity index is 1.39. The summed E-state index contributed by atoms with van der Waals surface area (Å²) in [5.74, 6) is -0.248. The summed E-state index contributed by atoms with van der Waals surface area (Å²) >= 11 is 1.43. The minimum Gasteiger partial charge on any atom is -0.340 e. The smallest absolute Gasteiger partial charge is 0.283 e. The molecule has 1 aliphatic carbocycles. The largest absolute Gasteiger partial charge is 0.340 e. The zero-order valence-electron chi connectivity index (χ0n) is 20.0. The predicted molar refractivity (Wildman–Crippen MR) is 144 cm³/mol. The molecule has 2 aliphatic heterocycles. The fraction of sp³-hybridized carbons (Fsp3) is 0.286. The average Bonchev–Trinajstić information content (AvgIpc) is 3.43. The number of para-hydroxylation sites is 1. The van der Waals surface area contributed by atoms with E-state index < -0.39 is 5.91 Å². The molecule has 1 aromatic heterocycles. The Morgan fingerprint density at radius 3 is 2.67 bits per heavy atom. The third-order valence-electron chi connectivity index (χ3n) is 7.28. The van der Waals surface area contributed by atoms with E-state index in [0.717, 1.165) is 40.0 Å². The fourth-order valence-corrected chi connectivity index (χ4v) is 6.37. The number of fused-ring (bicyclic) bond motifs is 2. The molecule has 1 fully saturated rings. The number of hydrogen-bond acceptors (Lipinski definition) is 4. The standard InChI is InChI=1S/C28H26FN5OS/c1-17-21(20-12-6-8-14-24(20)33(17)16-19-11-5-7-13-23(19)29)15-22-25(30)34-28(31-26(22)35)36-27(32-34)18-9-3-2-4-10-18/h5-8,11-15,18,30H,2-4,9-10,16H2,1H3. The number of amidine groups is 2. The van der Waals surface area contributed by atoms with Gasteiger partial charge in [-0.3, -0.25) is 10.2 Å². The number of carbonyl (C=O) groups is 1. The molecule has 8 heteroatoms. The Kier molecular flexibility index (Phi) is 5.84. The molecule has 0 atom stereocenters. The second-order valence-electron chi connectivity index (χ2n) is 9.49. The Hall–Kier alpha value is -3.52. The lowest BCUT2D eigenvalue weighted by molar-refractivity contribution is -0.114. The van der Waals surface area contributed by atoms with Crippen LogP contribution in [0.2, 0.25) is 0 Å². The third kappa shape index (κ3) is 3.89. The van der Waals surface area contributed by atoms with E-state index in [2.05, 4.69) is 9.56 Å². The highest BCUT2D eigenvalue weighted by molar-refractivity contribution is 8.27. The van der Waals surface area contributed by atoms with E-state index >= 15 is 0 Å². The summed E-state index contributed by atoms with van der Waals surface area (Å²) in [5.41, 5.74) is 3.47. The fourth-order valence-electron chi connectivity index (χ4n) is 5.31. The van der Waals surface area contributed by atoms with E-state index in [9.17, 15) is 9.18 Å². The molecule has 182 valence electrons. The Bertz CT molecular complexity index is 1490. The normalized spacial score (nSPS) is 19.7. The van der Waals surface area contributed by atoms with Crippen LogP contribution in [0.5, 0.6) is 0 Å². The van der Waals surface area contributed by atoms with Gasteiger partial charge in [0.05, 0.1) is 12.1 Å². The van der Waals surface area contributed by atoms with Gasteiger partial charge in [0, 0.05) is 33.6 Å². The van der Waals surface area contributed by atoms with Gasteiger partial charge in [0.2, 0.25) is 5.17 Å². The molecule has 36 heavy (non-hydrogen) atoms. The quantitative estimate of drug-likeness (QED) is 0.426. The van der Waals surface area contributed by atoms with E-state index in [1.807, 2.05) is 37.3 Å². The van der Waals surface area contributed by atoms with Crippen molar-refractivity contribution >= 4 is 50.7 Å². The maximum atomic E-state index is 14.4. The number of halogens is 1. The van der Waals surface area contributed by atoms with E-state index in [1.165, 1.54) is 42.1 Å². The van der Waals surface area contributed by atoms with Gasteiger partial charge < -0.3 is 4.57 Å². The summed E-state index contributed by atoms with van der Waals surface area (Å²) in [7, 11) is 0. The van der Waals surface area contributed by atoms with Gasteiger partial charge in [-0.25, -0.2) is 4.39 Å². The zero-order chi connectivity index (χ0) is 24.8. The van der Waals surface area contributed by atoms with Crippen molar-refractivity contribution in [3.05, 3.63) is 76.7 Å². The molecule has 1 saturated carbocycles. The van der Waals surface area contributed by atoms with Gasteiger partial charge in [0.25, 0.3) is 5.91 Å². The first-order valence-electron chi connectivity index (χ1n) is 12.3. The summed E-state index contributed by atoms with van der Waals surface area (Å²) in [6, 6.07) is 14.6. The minimum atomic E-state index is -0.427. The summed E-state index contributed by atoms with van der Waals surface area (Å²) in [6.45, 7) is 2.33. The summed E-state index contributed by atoms with van der Waals surface area (Å²) in [5, 5.41) is 17.4. The lowest BCUT2D eigenvalue weighted by atomic mass is 9.90. The van der Waals surface area contributed by atoms with E-state index in [1.54, 1.807) is 18.2 Å². The van der Waals surface area contributed by atoms with Gasteiger partial charge >= 0.3 is 0 Å². The molecular weight excluding hydrogens is 473 g/mol. The topological polar surface area (TPSA) is 73.8 Å². The Morgan fingerprint density at radius 2 is 1.86 bits per heavy atom. The molecule has 0 bridgehead atoms. The van der Waals surface area contributed by atoms with Crippen LogP contribution in [0.4, 0.5) is 4.39 Å². The first-order chi connectivity index (χ1) is 17.5. The van der Waals surface area contributed by atoms with Crippen LogP contribution < -0.4 is 0 Å². The number of hydrazone groups is 1. The van der Waals surface area contributed by atoms with Gasteiger partial charge in [-0.2, -0.15) is 15.1 Å². The van der Waals surface area contributed by atoms with Gasteiger partial charge in [0.1, 0.15) is 10.9 Å². The highest BCUT2D eigenvalue weighted by Gasteiger charge is 2.38. The van der Waals surface area contributed by atoms with E-state index in [0.29, 0.717) is 23.2 Å². The summed E-state index contributed by atoms with van der Waals surface area (Å²) < 4.78 is 16.5. The molecule has 3 aromatic rings. The first kappa shape index (κ1) is 22.9. The summed E-state index contributed by atoms with van der Waals surface area (Å²) in [6.07, 6.45) is 7.57. The summed E-state index contributed by atoms with van der Waals surface area (Å²) in [4.78, 5) is 17.4. The molecule has 0 unspecified atom stereocenters. The van der Waals surface area contributed by atoms with Crippen molar-refractivity contribution in [3.63, 3.8) is 0 Å². The highest BCUT2D eigenvalue weighted by atomic mass is 32.2. The van der Waals surface area contributed by atoms with Crippen molar-refractivity contribution in [3.8, 4) is 0 Å². The minimum absolute atomic E-state index is 0.0497. The highest BCUT2D eigenvalue weighted by Crippen LogP contribution is 2.37. The van der Waals surface area contributed by atoms with Gasteiger partial charge in [0.15, 0.2) is 5.84 Å². The Labute approximate surface area is 213 Å². The van der Waals surface area contributed by atoms with Gasteiger partial charge in [-0.15, -0.1) is 0 Å². The Morgan fingerprint density at radius 1 is 1.11 bits per heavy atom. The van der Waals surface area contributed by atoms with Crippen LogP contribution in [-0.4, -0.2) is 31.5 Å². The van der Waals surface area contributed by atoms with Crippen molar-refractivity contribution < 1.29 is 9.18 Å². The van der Waals surface area contributed by atoms with Crippen LogP contribution in [0.1, 0.15) is 48.9 Å². The zero-order valence-corrected chi connectivity index (χ0v) is 20.8. The third-order valence-corrected chi connectivity index (χ3v) is 8.35. The van der Waals surface area contributed by atoms with Gasteiger partial charge in [-0.05, 0) is 49.7 Å². The molecule has 3 aliphatic rings. The maximum absolute atomic E-state index is 14.4. The number of rotatable bonds is 4. The second-order valence-corrected chi connectivity index (χ2v) is 10.5. The average molecular weight is 500 g/mol. The lowest BCUT2D eigenvalue weighted by Gasteiger charge is -2.20. The molecule has 6 rings (SSSR count). The van der Waals surface area contributed by atoms with Crippen molar-refractivity contribution in [2.45, 2.75) is 45.6 Å². The molecule has 3 heterocycles. The van der Waals surface area contributed by atoms with Crippen molar-refractivity contribution in [2.24, 2.45) is 16.0 Å². The first-order valence-corrected chi connectivity index (χ1v) is 13.1. The van der Waals surface area contributed by atoms with Crippen molar-refractivity contribution in [1.82, 2.24) is 9.58 Å². The molecule has 6 nitrogen and oxygen atoms in total. The maximum Gasteiger partial charge on any atom is 0.283 e. The number of nitrogens with one attached hydrogen (secondary N) is 1. The second kappa shape index (κ2) is 9.17. The van der Waals surface area contributed by atoms with Crippen molar-refractivity contribution in [1.29, 1.82) is 5.41 Å². The van der Waals surface area contributed by atoms with Crippen LogP contribution in [0.3, 0.4) is 0 Å². The van der Waals surface area contributed by atoms with Crippen LogP contribution >= 0.6 is 11.8 Å². The molecule has 0 saturated heterocycles. The van der Waals surface area contributed by atoms with Crippen LogP contribution in [0, 0.1) is 24.1 Å². The number of aliphatic imine (C=N–C) groups is 1. The monoisotopic (exact) mass is 499 g/mol. The number of amides is 1. The number of thioether (sulfide) groups is 1. The van der Waals surface area contributed by atoms with Crippen LogP contribution in [0.15, 0.2) is 64.2 Å². The van der Waals surface area contributed by atoms with Crippen LogP contribution in [-0.2, 0) is 11.3 Å². The number of aromatic nitrogens is 1. The molecule has 0 spiro atoms. The SMILES string of the molecule is Cc1c(C=C2C(=N)N3N=C(C4CCCCC4)SC3=NC2=O)c2ccccc2n1Cc1ccccc1F. The number of nitrogens with zero attached hydrogens (tertiary/aromatic N) is 4. The molecule has 1 N–H and O–H groups in total. The van der Waals surface area contributed by atoms with E-state index in [4.69, 9.17) is 10.5 Å². The van der Waals surface area contributed by atoms with Gasteiger partial charge in [-0.1, -0.05) is 55.7 Å². The van der Waals surface area contributed by atoms with E-state index in [-0.39, 0.29) is 17.2 Å². The molecule has 1 amide bonds. The molecular formula is C28H26FN5OS. The van der Waals surface area contributed by atoms with Crippen LogP contribution in [0.25, 0.3) is 17.0 Å². The number of carbonyl (C=O) groups excluding carboxylic acids is 1.